The van der Waals surface area contributed by atoms with Crippen LogP contribution in [0.4, 0.5) is 5.95 Å². The fourth-order valence-corrected chi connectivity index (χ4v) is 5.34. The second kappa shape index (κ2) is 12.3. The van der Waals surface area contributed by atoms with Crippen LogP contribution in [0.25, 0.3) is 16.9 Å². The van der Waals surface area contributed by atoms with Gasteiger partial charge in [-0.05, 0) is 44.7 Å². The van der Waals surface area contributed by atoms with Crippen LogP contribution in [0.2, 0.25) is 0 Å². The van der Waals surface area contributed by atoms with Gasteiger partial charge >= 0.3 is 0 Å². The normalized spacial score (nSPS) is 17.4. The lowest BCUT2D eigenvalue weighted by atomic mass is 10.1. The van der Waals surface area contributed by atoms with Gasteiger partial charge in [0.25, 0.3) is 0 Å². The van der Waals surface area contributed by atoms with Crippen LogP contribution < -0.4 is 10.1 Å². The number of hydrogen-bond donors (Lipinski definition) is 1. The Morgan fingerprint density at radius 2 is 1.89 bits per heavy atom. The number of carbonyl (C=O) groups excluding carboxylic acids is 2. The van der Waals surface area contributed by atoms with Crippen molar-refractivity contribution in [2.45, 2.75) is 51.6 Å². The van der Waals surface area contributed by atoms with Gasteiger partial charge in [-0.3, -0.25) is 19.5 Å². The van der Waals surface area contributed by atoms with Crippen molar-refractivity contribution in [1.29, 1.82) is 0 Å². The molecule has 1 aromatic heterocycles. The molecule has 8 heteroatoms. The van der Waals surface area contributed by atoms with Crippen LogP contribution >= 0.6 is 0 Å². The Morgan fingerprint density at radius 3 is 2.63 bits per heavy atom. The molecular weight excluding hydrogens is 480 g/mol. The molecule has 3 aromatic rings. The van der Waals surface area contributed by atoms with Gasteiger partial charge in [-0.25, -0.2) is 4.98 Å². The van der Waals surface area contributed by atoms with Gasteiger partial charge in [0.15, 0.2) is 0 Å². The highest BCUT2D eigenvalue weighted by Crippen LogP contribution is 2.28. The van der Waals surface area contributed by atoms with Crippen LogP contribution in [0, 0.1) is 5.92 Å². The third kappa shape index (κ3) is 6.25. The van der Waals surface area contributed by atoms with Crippen molar-refractivity contribution in [1.82, 2.24) is 14.5 Å². The summed E-state index contributed by atoms with van der Waals surface area (Å²) in [5, 5.41) is 2.99. The van der Waals surface area contributed by atoms with Crippen molar-refractivity contribution in [2.75, 3.05) is 31.6 Å². The lowest BCUT2D eigenvalue weighted by Crippen LogP contribution is -2.44. The van der Waals surface area contributed by atoms with Crippen LogP contribution in [-0.4, -0.2) is 58.7 Å². The molecule has 1 saturated heterocycles. The fourth-order valence-electron chi connectivity index (χ4n) is 5.34. The molecule has 1 N–H and O–H groups in total. The second-order valence-corrected chi connectivity index (χ2v) is 10.00. The Morgan fingerprint density at radius 1 is 1.08 bits per heavy atom. The molecule has 2 fully saturated rings. The molecule has 2 heterocycles. The Hall–Kier alpha value is -3.65. The summed E-state index contributed by atoms with van der Waals surface area (Å²) in [6.45, 7) is 3.63. The number of ether oxygens (including phenoxy) is 2. The SMILES string of the molecule is CCOc1cccc(-n2cc(-c3ccccc3)nc2NC(=O)CN(C[C@H]2CCCO2)C(=O)C2CCCC2)c1. The summed E-state index contributed by atoms with van der Waals surface area (Å²) < 4.78 is 13.3. The number of benzene rings is 2. The molecule has 2 aliphatic rings. The Labute approximate surface area is 224 Å². The summed E-state index contributed by atoms with van der Waals surface area (Å²) >= 11 is 0. The lowest BCUT2D eigenvalue weighted by Gasteiger charge is -2.27. The molecule has 5 rings (SSSR count). The minimum Gasteiger partial charge on any atom is -0.494 e. The number of carbonyl (C=O) groups is 2. The highest BCUT2D eigenvalue weighted by atomic mass is 16.5. The van der Waals surface area contributed by atoms with Crippen molar-refractivity contribution in [2.24, 2.45) is 5.92 Å². The Bertz CT molecular complexity index is 1230. The molecule has 8 nitrogen and oxygen atoms in total. The summed E-state index contributed by atoms with van der Waals surface area (Å²) in [5.74, 6) is 0.917. The maximum Gasteiger partial charge on any atom is 0.246 e. The number of imidazole rings is 1. The van der Waals surface area contributed by atoms with Crippen LogP contribution in [0.15, 0.2) is 60.8 Å². The number of anilines is 1. The van der Waals surface area contributed by atoms with E-state index in [0.717, 1.165) is 61.2 Å². The van der Waals surface area contributed by atoms with Crippen molar-refractivity contribution in [3.05, 3.63) is 60.8 Å². The van der Waals surface area contributed by atoms with Gasteiger partial charge in [-0.1, -0.05) is 49.2 Å². The Balaban J connectivity index is 1.39. The third-order valence-electron chi connectivity index (χ3n) is 7.23. The van der Waals surface area contributed by atoms with Gasteiger partial charge in [0.1, 0.15) is 12.3 Å². The molecule has 200 valence electrons. The van der Waals surface area contributed by atoms with E-state index in [1.54, 1.807) is 4.90 Å². The van der Waals surface area contributed by atoms with E-state index in [1.807, 2.05) is 72.3 Å². The first-order valence-electron chi connectivity index (χ1n) is 13.7. The van der Waals surface area contributed by atoms with E-state index in [0.29, 0.717) is 25.7 Å². The first-order valence-corrected chi connectivity index (χ1v) is 13.7. The number of rotatable bonds is 10. The molecule has 38 heavy (non-hydrogen) atoms. The molecule has 0 unspecified atom stereocenters. The van der Waals surface area contributed by atoms with E-state index in [-0.39, 0.29) is 30.4 Å². The fraction of sp³-hybridized carbons (Fsp3) is 0.433. The van der Waals surface area contributed by atoms with E-state index in [2.05, 4.69) is 5.32 Å². The molecule has 0 radical (unpaired) electrons. The molecular formula is C30H36N4O4. The van der Waals surface area contributed by atoms with Gasteiger partial charge in [0.2, 0.25) is 17.8 Å². The second-order valence-electron chi connectivity index (χ2n) is 10.00. The number of nitrogens with one attached hydrogen (secondary N) is 1. The van der Waals surface area contributed by atoms with Crippen molar-refractivity contribution in [3.63, 3.8) is 0 Å². The van der Waals surface area contributed by atoms with Crippen LogP contribution in [0.1, 0.15) is 45.4 Å². The van der Waals surface area contributed by atoms with Gasteiger partial charge in [0, 0.05) is 36.9 Å². The van der Waals surface area contributed by atoms with Crippen LogP contribution in [0.5, 0.6) is 5.75 Å². The highest BCUT2D eigenvalue weighted by molar-refractivity contribution is 5.94. The number of aromatic nitrogens is 2. The summed E-state index contributed by atoms with van der Waals surface area (Å²) in [5.41, 5.74) is 2.50. The zero-order chi connectivity index (χ0) is 26.3. The maximum atomic E-state index is 13.4. The summed E-state index contributed by atoms with van der Waals surface area (Å²) in [6, 6.07) is 17.5. The standard InChI is InChI=1S/C30H36N4O4/c1-2-37-25-15-8-14-24(18-25)34-20-27(22-10-4-3-5-11-22)31-30(34)32-28(35)21-33(19-26-16-9-17-38-26)29(36)23-12-6-7-13-23/h3-5,8,10-11,14-15,18,20,23,26H,2,6-7,9,12-13,16-17,19,21H2,1H3,(H,31,32,35)/t26-/m1/s1. The topological polar surface area (TPSA) is 85.7 Å². The molecule has 1 aliphatic heterocycles. The minimum absolute atomic E-state index is 0.00261. The van der Waals surface area contributed by atoms with Crippen LogP contribution in [0.3, 0.4) is 0 Å². The quantitative estimate of drug-likeness (QED) is 0.406. The minimum atomic E-state index is -0.276. The molecule has 1 aliphatic carbocycles. The van der Waals surface area contributed by atoms with E-state index < -0.39 is 0 Å². The van der Waals surface area contributed by atoms with Gasteiger partial charge in [0.05, 0.1) is 24.1 Å². The maximum absolute atomic E-state index is 13.4. The van der Waals surface area contributed by atoms with E-state index in [9.17, 15) is 9.59 Å². The Kier molecular flexibility index (Phi) is 8.38. The zero-order valence-corrected chi connectivity index (χ0v) is 22.0. The summed E-state index contributed by atoms with van der Waals surface area (Å²) in [4.78, 5) is 33.2. The summed E-state index contributed by atoms with van der Waals surface area (Å²) in [7, 11) is 0. The zero-order valence-electron chi connectivity index (χ0n) is 22.0. The number of amides is 2. The average molecular weight is 517 g/mol. The molecule has 0 bridgehead atoms. The molecule has 2 amide bonds. The smallest absolute Gasteiger partial charge is 0.246 e. The summed E-state index contributed by atoms with van der Waals surface area (Å²) in [6.07, 6.45) is 7.71. The van der Waals surface area contributed by atoms with Crippen molar-refractivity contribution in [3.8, 4) is 22.7 Å². The molecule has 1 saturated carbocycles. The highest BCUT2D eigenvalue weighted by Gasteiger charge is 2.31. The van der Waals surface area contributed by atoms with Gasteiger partial charge in [-0.15, -0.1) is 0 Å². The van der Waals surface area contributed by atoms with Crippen LogP contribution in [-0.2, 0) is 14.3 Å². The van der Waals surface area contributed by atoms with E-state index >= 15 is 0 Å². The molecule has 2 aromatic carbocycles. The first kappa shape index (κ1) is 26.0. The lowest BCUT2D eigenvalue weighted by molar-refractivity contribution is -0.139. The molecule has 0 spiro atoms. The van der Waals surface area contributed by atoms with Crippen molar-refractivity contribution >= 4 is 17.8 Å². The first-order chi connectivity index (χ1) is 18.6. The number of hydrogen-bond acceptors (Lipinski definition) is 5. The van der Waals surface area contributed by atoms with Gasteiger partial charge in [-0.2, -0.15) is 0 Å². The predicted molar refractivity (Wildman–Crippen MR) is 146 cm³/mol. The average Bonchev–Trinajstić information content (AvgIpc) is 3.72. The van der Waals surface area contributed by atoms with E-state index in [1.165, 1.54) is 0 Å². The van der Waals surface area contributed by atoms with Gasteiger partial charge < -0.3 is 14.4 Å². The monoisotopic (exact) mass is 516 g/mol. The number of nitrogens with zero attached hydrogens (tertiary/aromatic N) is 3. The largest absolute Gasteiger partial charge is 0.494 e. The van der Waals surface area contributed by atoms with E-state index in [4.69, 9.17) is 14.5 Å². The third-order valence-corrected chi connectivity index (χ3v) is 7.23. The predicted octanol–water partition coefficient (Wildman–Crippen LogP) is 5.07. The van der Waals surface area contributed by atoms with Crippen molar-refractivity contribution < 1.29 is 19.1 Å². The molecule has 1 atom stereocenters.